The molecule has 4 rings (SSSR count). The lowest BCUT2D eigenvalue weighted by Crippen LogP contribution is -2.28. The summed E-state index contributed by atoms with van der Waals surface area (Å²) in [6, 6.07) is 14.1. The average Bonchev–Trinajstić information content (AvgIpc) is 3.49. The zero-order valence-corrected chi connectivity index (χ0v) is 21.4. The number of ether oxygens (including phenoxy) is 1. The van der Waals surface area contributed by atoms with Crippen molar-refractivity contribution in [2.45, 2.75) is 58.5 Å². The molecule has 0 aliphatic heterocycles. The van der Waals surface area contributed by atoms with Gasteiger partial charge in [-0.2, -0.15) is 10.4 Å². The smallest absolute Gasteiger partial charge is 0.407 e. The van der Waals surface area contributed by atoms with E-state index in [1.807, 2.05) is 54.9 Å². The van der Waals surface area contributed by atoms with Crippen molar-refractivity contribution in [1.29, 1.82) is 5.26 Å². The zero-order chi connectivity index (χ0) is 25.5. The molecular weight excluding hydrogens is 474 g/mol. The molecule has 1 aliphatic carbocycles. The van der Waals surface area contributed by atoms with Gasteiger partial charge >= 0.3 is 6.09 Å². The van der Waals surface area contributed by atoms with Crippen LogP contribution in [-0.4, -0.2) is 28.4 Å². The molecule has 8 nitrogen and oxygen atoms in total. The van der Waals surface area contributed by atoms with Gasteiger partial charge in [-0.25, -0.2) is 4.79 Å². The summed E-state index contributed by atoms with van der Waals surface area (Å²) in [6.07, 6.45) is 3.89. The number of rotatable bonds is 9. The number of alkyl carbamates (subject to hydrolysis) is 1. The lowest BCUT2D eigenvalue weighted by Gasteiger charge is -2.21. The summed E-state index contributed by atoms with van der Waals surface area (Å²) in [7, 11) is 0. The summed E-state index contributed by atoms with van der Waals surface area (Å²) in [5.74, 6) is 0.167. The number of carbonyl (C=O) groups is 2. The maximum absolute atomic E-state index is 12.7. The van der Waals surface area contributed by atoms with Crippen LogP contribution in [0.15, 0.2) is 42.6 Å². The highest BCUT2D eigenvalue weighted by Gasteiger charge is 2.27. The molecule has 0 spiro atoms. The van der Waals surface area contributed by atoms with Crippen molar-refractivity contribution in [3.8, 4) is 6.07 Å². The summed E-state index contributed by atoms with van der Waals surface area (Å²) in [5, 5.41) is 20.3. The van der Waals surface area contributed by atoms with Crippen LogP contribution in [0.3, 0.4) is 0 Å². The summed E-state index contributed by atoms with van der Waals surface area (Å²) < 4.78 is 7.30. The normalized spacial score (nSPS) is 15.4. The summed E-state index contributed by atoms with van der Waals surface area (Å²) in [5.41, 5.74) is 3.62. The SMILES string of the molecule is CCn1nccc1CNC(=O)OCC1CCc2c(sc(NC(=O)CC(C)c3ccccc3)c2C#N)C1. The van der Waals surface area contributed by atoms with Crippen molar-refractivity contribution in [1.82, 2.24) is 15.1 Å². The number of anilines is 1. The predicted octanol–water partition coefficient (Wildman–Crippen LogP) is 5.00. The average molecular weight is 506 g/mol. The highest BCUT2D eigenvalue weighted by molar-refractivity contribution is 7.16. The van der Waals surface area contributed by atoms with Gasteiger partial charge in [0.05, 0.1) is 24.4 Å². The van der Waals surface area contributed by atoms with Crippen LogP contribution in [0.1, 0.15) is 59.9 Å². The zero-order valence-electron chi connectivity index (χ0n) is 20.6. The standard InChI is InChI=1S/C27H31N5O3S/c1-3-32-21(11-12-30-32)16-29-27(34)35-17-19-9-10-22-23(15-28)26(36-24(22)14-19)31-25(33)13-18(2)20-7-5-4-6-8-20/h4-8,11-12,18-19H,3,9-10,13-14,16-17H2,1-2H3,(H,29,34)(H,31,33). The van der Waals surface area contributed by atoms with E-state index < -0.39 is 6.09 Å². The van der Waals surface area contributed by atoms with Crippen LogP contribution in [-0.2, 0) is 35.5 Å². The summed E-state index contributed by atoms with van der Waals surface area (Å²) in [6.45, 7) is 5.44. The Bertz CT molecular complexity index is 1240. The van der Waals surface area contributed by atoms with Gasteiger partial charge in [0.1, 0.15) is 11.1 Å². The van der Waals surface area contributed by atoms with E-state index in [0.717, 1.165) is 47.5 Å². The van der Waals surface area contributed by atoms with Crippen LogP contribution in [0.2, 0.25) is 0 Å². The Kier molecular flexibility index (Phi) is 8.39. The second-order valence-electron chi connectivity index (χ2n) is 9.08. The maximum Gasteiger partial charge on any atom is 0.407 e. The predicted molar refractivity (Wildman–Crippen MR) is 139 cm³/mol. The molecule has 0 saturated carbocycles. The lowest BCUT2D eigenvalue weighted by molar-refractivity contribution is -0.116. The fourth-order valence-corrected chi connectivity index (χ4v) is 5.89. The molecule has 0 radical (unpaired) electrons. The molecule has 0 fully saturated rings. The lowest BCUT2D eigenvalue weighted by atomic mass is 9.88. The molecule has 3 aromatic rings. The van der Waals surface area contributed by atoms with Crippen molar-refractivity contribution < 1.29 is 14.3 Å². The van der Waals surface area contributed by atoms with E-state index >= 15 is 0 Å². The highest BCUT2D eigenvalue weighted by atomic mass is 32.1. The van der Waals surface area contributed by atoms with E-state index in [1.54, 1.807) is 6.20 Å². The van der Waals surface area contributed by atoms with Crippen molar-refractivity contribution in [2.24, 2.45) is 5.92 Å². The second-order valence-corrected chi connectivity index (χ2v) is 10.2. The molecule has 2 N–H and O–H groups in total. The molecule has 1 aromatic carbocycles. The van der Waals surface area contributed by atoms with Crippen molar-refractivity contribution >= 4 is 28.3 Å². The van der Waals surface area contributed by atoms with Gasteiger partial charge in [-0.3, -0.25) is 9.48 Å². The Hall–Kier alpha value is -3.64. The third-order valence-electron chi connectivity index (χ3n) is 6.56. The second kappa shape index (κ2) is 11.9. The molecule has 36 heavy (non-hydrogen) atoms. The minimum absolute atomic E-state index is 0.0847. The largest absolute Gasteiger partial charge is 0.449 e. The van der Waals surface area contributed by atoms with Gasteiger partial charge in [-0.15, -0.1) is 11.3 Å². The minimum atomic E-state index is -0.450. The third kappa shape index (κ3) is 6.13. The van der Waals surface area contributed by atoms with E-state index in [9.17, 15) is 14.9 Å². The Labute approximate surface area is 215 Å². The number of hydrogen-bond acceptors (Lipinski definition) is 6. The number of nitrogens with zero attached hydrogens (tertiary/aromatic N) is 3. The Morgan fingerprint density at radius 3 is 2.86 bits per heavy atom. The van der Waals surface area contributed by atoms with E-state index in [0.29, 0.717) is 30.1 Å². The summed E-state index contributed by atoms with van der Waals surface area (Å²) in [4.78, 5) is 26.0. The molecular formula is C27H31N5O3S. The van der Waals surface area contributed by atoms with Crippen LogP contribution in [0.4, 0.5) is 9.80 Å². The topological polar surface area (TPSA) is 109 Å². The van der Waals surface area contributed by atoms with Gasteiger partial charge in [0, 0.05) is 24.0 Å². The van der Waals surface area contributed by atoms with Crippen molar-refractivity contribution in [3.05, 3.63) is 69.9 Å². The number of benzene rings is 1. The fourth-order valence-electron chi connectivity index (χ4n) is 4.56. The first-order valence-electron chi connectivity index (χ1n) is 12.3. The van der Waals surface area contributed by atoms with Gasteiger partial charge in [-0.1, -0.05) is 37.3 Å². The number of nitrogens with one attached hydrogen (secondary N) is 2. The molecule has 0 bridgehead atoms. The molecule has 9 heteroatoms. The molecule has 1 aliphatic rings. The first-order valence-corrected chi connectivity index (χ1v) is 13.1. The number of aryl methyl sites for hydroxylation is 1. The van der Waals surface area contributed by atoms with Gasteiger partial charge in [0.25, 0.3) is 0 Å². The molecule has 188 valence electrons. The van der Waals surface area contributed by atoms with Crippen molar-refractivity contribution in [2.75, 3.05) is 11.9 Å². The first kappa shape index (κ1) is 25.5. The van der Waals surface area contributed by atoms with Gasteiger partial charge in [-0.05, 0) is 55.2 Å². The molecule has 2 unspecified atom stereocenters. The first-order chi connectivity index (χ1) is 17.5. The fraction of sp³-hybridized carbons (Fsp3) is 0.407. The van der Waals surface area contributed by atoms with Crippen LogP contribution >= 0.6 is 11.3 Å². The Morgan fingerprint density at radius 1 is 1.31 bits per heavy atom. The molecule has 2 aromatic heterocycles. The van der Waals surface area contributed by atoms with E-state index in [4.69, 9.17) is 4.74 Å². The maximum atomic E-state index is 12.7. The van der Waals surface area contributed by atoms with Crippen LogP contribution < -0.4 is 10.6 Å². The van der Waals surface area contributed by atoms with Gasteiger partial charge in [0.2, 0.25) is 5.91 Å². The third-order valence-corrected chi connectivity index (χ3v) is 7.73. The Morgan fingerprint density at radius 2 is 2.11 bits per heavy atom. The quantitative estimate of drug-likeness (QED) is 0.425. The van der Waals surface area contributed by atoms with Gasteiger partial charge < -0.3 is 15.4 Å². The number of aromatic nitrogens is 2. The van der Waals surface area contributed by atoms with E-state index in [-0.39, 0.29) is 17.7 Å². The van der Waals surface area contributed by atoms with Gasteiger partial charge in [0.15, 0.2) is 0 Å². The summed E-state index contributed by atoms with van der Waals surface area (Å²) >= 11 is 1.47. The molecule has 2 atom stereocenters. The minimum Gasteiger partial charge on any atom is -0.449 e. The number of fused-ring (bicyclic) bond motifs is 1. The number of carbonyl (C=O) groups excluding carboxylic acids is 2. The van der Waals surface area contributed by atoms with Crippen LogP contribution in [0.5, 0.6) is 0 Å². The number of hydrogen-bond donors (Lipinski definition) is 2. The van der Waals surface area contributed by atoms with E-state index in [1.165, 1.54) is 11.3 Å². The Balaban J connectivity index is 1.30. The van der Waals surface area contributed by atoms with Crippen molar-refractivity contribution in [3.63, 3.8) is 0 Å². The van der Waals surface area contributed by atoms with Crippen LogP contribution in [0, 0.1) is 17.2 Å². The van der Waals surface area contributed by atoms with Crippen LogP contribution in [0.25, 0.3) is 0 Å². The van der Waals surface area contributed by atoms with E-state index in [2.05, 4.69) is 21.8 Å². The number of thiophene rings is 1. The monoisotopic (exact) mass is 505 g/mol. The number of amides is 2. The molecule has 2 heterocycles. The molecule has 2 amide bonds. The highest BCUT2D eigenvalue weighted by Crippen LogP contribution is 2.39. The number of nitriles is 1. The molecule has 0 saturated heterocycles.